The van der Waals surface area contributed by atoms with Crippen LogP contribution >= 0.6 is 0 Å². The lowest BCUT2D eigenvalue weighted by molar-refractivity contribution is -0.167. The molecule has 0 heterocycles. The monoisotopic (exact) mass is 823 g/mol. The summed E-state index contributed by atoms with van der Waals surface area (Å²) < 4.78 is 16.7. The maximum Gasteiger partial charge on any atom is 0.306 e. The van der Waals surface area contributed by atoms with Crippen molar-refractivity contribution in [3.63, 3.8) is 0 Å². The zero-order chi connectivity index (χ0) is 43.0. The summed E-state index contributed by atoms with van der Waals surface area (Å²) in [5.74, 6) is -0.995. The van der Waals surface area contributed by atoms with Gasteiger partial charge in [-0.2, -0.15) is 0 Å². The Morgan fingerprint density at radius 1 is 0.356 bits per heavy atom. The van der Waals surface area contributed by atoms with Gasteiger partial charge in [0, 0.05) is 19.3 Å². The fourth-order valence-electron chi connectivity index (χ4n) is 6.64. The molecule has 0 spiro atoms. The van der Waals surface area contributed by atoms with Gasteiger partial charge in [-0.1, -0.05) is 222 Å². The molecule has 6 nitrogen and oxygen atoms in total. The minimum Gasteiger partial charge on any atom is -0.462 e. The van der Waals surface area contributed by atoms with Gasteiger partial charge in [0.2, 0.25) is 0 Å². The van der Waals surface area contributed by atoms with Crippen molar-refractivity contribution in [1.82, 2.24) is 0 Å². The highest BCUT2D eigenvalue weighted by Crippen LogP contribution is 2.15. The van der Waals surface area contributed by atoms with E-state index < -0.39 is 6.10 Å². The summed E-state index contributed by atoms with van der Waals surface area (Å²) in [4.78, 5) is 37.8. The molecule has 0 rings (SSSR count). The van der Waals surface area contributed by atoms with E-state index in [9.17, 15) is 14.4 Å². The van der Waals surface area contributed by atoms with E-state index in [0.717, 1.165) is 64.2 Å². The van der Waals surface area contributed by atoms with Crippen LogP contribution in [0, 0.1) is 0 Å². The second-order valence-corrected chi connectivity index (χ2v) is 16.1. The van der Waals surface area contributed by atoms with Crippen LogP contribution in [0.2, 0.25) is 0 Å². The normalized spacial score (nSPS) is 12.7. The highest BCUT2D eigenvalue weighted by molar-refractivity contribution is 5.71. The molecule has 0 fully saturated rings. The third-order valence-electron chi connectivity index (χ3n) is 10.3. The van der Waals surface area contributed by atoms with E-state index in [1.165, 1.54) is 116 Å². The molecule has 0 bridgehead atoms. The van der Waals surface area contributed by atoms with Crippen LogP contribution in [0.3, 0.4) is 0 Å². The third-order valence-corrected chi connectivity index (χ3v) is 10.3. The number of hydrogen-bond donors (Lipinski definition) is 0. The van der Waals surface area contributed by atoms with Crippen LogP contribution in [-0.4, -0.2) is 37.2 Å². The average molecular weight is 823 g/mol. The Hall–Kier alpha value is -3.15. The van der Waals surface area contributed by atoms with Gasteiger partial charge in [0.15, 0.2) is 6.10 Å². The molecule has 1 unspecified atom stereocenters. The number of ether oxygens (including phenoxy) is 3. The average Bonchev–Trinajstić information content (AvgIpc) is 3.23. The van der Waals surface area contributed by atoms with Crippen molar-refractivity contribution in [2.45, 2.75) is 232 Å². The molecule has 6 heteroatoms. The highest BCUT2D eigenvalue weighted by atomic mass is 16.6. The molecule has 0 aliphatic rings. The topological polar surface area (TPSA) is 78.9 Å². The van der Waals surface area contributed by atoms with Crippen LogP contribution in [0.25, 0.3) is 0 Å². The molecule has 1 atom stereocenters. The Morgan fingerprint density at radius 2 is 0.695 bits per heavy atom. The Balaban J connectivity index is 4.49. The van der Waals surface area contributed by atoms with Gasteiger partial charge >= 0.3 is 17.9 Å². The van der Waals surface area contributed by atoms with Gasteiger partial charge in [0.1, 0.15) is 13.2 Å². The van der Waals surface area contributed by atoms with Gasteiger partial charge < -0.3 is 14.2 Å². The highest BCUT2D eigenvalue weighted by Gasteiger charge is 2.19. The molecule has 0 N–H and O–H groups in total. The van der Waals surface area contributed by atoms with Crippen LogP contribution in [-0.2, 0) is 28.6 Å². The van der Waals surface area contributed by atoms with Crippen molar-refractivity contribution in [3.8, 4) is 0 Å². The number of carbonyl (C=O) groups excluding carboxylic acids is 3. The van der Waals surface area contributed by atoms with Gasteiger partial charge in [-0.05, 0) is 57.8 Å². The van der Waals surface area contributed by atoms with E-state index in [0.29, 0.717) is 19.3 Å². The van der Waals surface area contributed by atoms with Gasteiger partial charge in [0.25, 0.3) is 0 Å². The Kier molecular flexibility index (Phi) is 45.0. The predicted octanol–water partition coefficient (Wildman–Crippen LogP) is 15.9. The molecule has 0 radical (unpaired) electrons. The first-order chi connectivity index (χ1) is 29.0. The van der Waals surface area contributed by atoms with Crippen molar-refractivity contribution < 1.29 is 28.6 Å². The Bertz CT molecular complexity index is 1130. The van der Waals surface area contributed by atoms with Crippen LogP contribution in [0.4, 0.5) is 0 Å². The van der Waals surface area contributed by atoms with E-state index in [-0.39, 0.29) is 37.5 Å². The van der Waals surface area contributed by atoms with Crippen molar-refractivity contribution in [2.24, 2.45) is 0 Å². The maximum absolute atomic E-state index is 12.8. The van der Waals surface area contributed by atoms with E-state index in [1.807, 2.05) is 54.7 Å². The van der Waals surface area contributed by atoms with Crippen molar-refractivity contribution in [2.75, 3.05) is 13.2 Å². The number of unbranched alkanes of at least 4 members (excludes halogenated alkanes) is 24. The number of allylic oxidation sites excluding steroid dienone is 12. The van der Waals surface area contributed by atoms with Crippen LogP contribution in [0.5, 0.6) is 0 Å². The minimum absolute atomic E-state index is 0.104. The minimum atomic E-state index is -0.806. The molecule has 59 heavy (non-hydrogen) atoms. The SMILES string of the molecule is CC/C=C/C=C/C=C/C=C/C=C/CCCC(=O)OCC(COC(=O)CCCCC/C=C/CCCCCCCCC)OC(=O)CCCCCCCCCCCCCCCC. The standard InChI is InChI=1S/C53H90O6/c1-4-7-10-13-16-19-22-25-28-31-34-37-40-43-46-52(55)58-49-50(48-57-51(54)45-42-39-36-33-30-27-24-21-18-15-12-9-6-3)59-53(56)47-44-41-38-35-32-29-26-23-20-17-14-11-8-5-2/h9,12,15,18,21,24,27-28,30-31,33,36,50H,4-8,10-11,13-14,16-17,19-20,22-23,25-26,29,32,34-35,37-49H2,1-3H3/b12-9+,18-15+,24-21+,30-27+,31-28+,36-33+. The molecule has 0 aromatic heterocycles. The summed E-state index contributed by atoms with van der Waals surface area (Å²) in [5, 5.41) is 0. The number of rotatable bonds is 43. The quantitative estimate of drug-likeness (QED) is 0.0200. The zero-order valence-electron chi connectivity index (χ0n) is 38.5. The summed E-state index contributed by atoms with van der Waals surface area (Å²) in [7, 11) is 0. The van der Waals surface area contributed by atoms with Gasteiger partial charge in [0.05, 0.1) is 0 Å². The number of hydrogen-bond acceptors (Lipinski definition) is 6. The van der Waals surface area contributed by atoms with Crippen molar-refractivity contribution in [1.29, 1.82) is 0 Å². The first-order valence-corrected chi connectivity index (χ1v) is 24.5. The number of carbonyl (C=O) groups is 3. The third kappa shape index (κ3) is 45.8. The molecule has 0 aliphatic carbocycles. The van der Waals surface area contributed by atoms with Gasteiger partial charge in [-0.15, -0.1) is 0 Å². The van der Waals surface area contributed by atoms with Crippen LogP contribution in [0.1, 0.15) is 226 Å². The van der Waals surface area contributed by atoms with Gasteiger partial charge in [-0.25, -0.2) is 0 Å². The molecule has 0 aliphatic heterocycles. The van der Waals surface area contributed by atoms with Crippen molar-refractivity contribution in [3.05, 3.63) is 72.9 Å². The van der Waals surface area contributed by atoms with Crippen molar-refractivity contribution >= 4 is 17.9 Å². The summed E-state index contributed by atoms with van der Waals surface area (Å²) in [6.07, 6.45) is 58.9. The molecule has 0 saturated carbocycles. The molecular formula is C53H90O6. The van der Waals surface area contributed by atoms with E-state index in [1.54, 1.807) is 0 Å². The fraction of sp³-hybridized carbons (Fsp3) is 0.717. The fourth-order valence-corrected chi connectivity index (χ4v) is 6.64. The maximum atomic E-state index is 12.8. The van der Waals surface area contributed by atoms with Crippen LogP contribution < -0.4 is 0 Å². The lowest BCUT2D eigenvalue weighted by atomic mass is 10.0. The Morgan fingerprint density at radius 3 is 1.15 bits per heavy atom. The van der Waals surface area contributed by atoms with E-state index in [2.05, 4.69) is 39.0 Å². The van der Waals surface area contributed by atoms with Gasteiger partial charge in [-0.3, -0.25) is 14.4 Å². The molecule has 0 aromatic rings. The Labute approximate surface area is 363 Å². The summed E-state index contributed by atoms with van der Waals surface area (Å²) in [6.45, 7) is 6.41. The molecule has 0 aromatic carbocycles. The van der Waals surface area contributed by atoms with Crippen LogP contribution in [0.15, 0.2) is 72.9 Å². The summed E-state index contributed by atoms with van der Waals surface area (Å²) in [6, 6.07) is 0. The largest absolute Gasteiger partial charge is 0.462 e. The predicted molar refractivity (Wildman–Crippen MR) is 251 cm³/mol. The second-order valence-electron chi connectivity index (χ2n) is 16.1. The summed E-state index contributed by atoms with van der Waals surface area (Å²) in [5.41, 5.74) is 0. The lowest BCUT2D eigenvalue weighted by Gasteiger charge is -2.18. The zero-order valence-corrected chi connectivity index (χ0v) is 38.5. The number of esters is 3. The molecule has 0 saturated heterocycles. The second kappa shape index (κ2) is 47.5. The lowest BCUT2D eigenvalue weighted by Crippen LogP contribution is -2.30. The van der Waals surface area contributed by atoms with E-state index >= 15 is 0 Å². The molecule has 338 valence electrons. The van der Waals surface area contributed by atoms with E-state index in [4.69, 9.17) is 14.2 Å². The molecular weight excluding hydrogens is 733 g/mol. The summed E-state index contributed by atoms with van der Waals surface area (Å²) >= 11 is 0. The first kappa shape index (κ1) is 55.9. The molecule has 0 amide bonds. The first-order valence-electron chi connectivity index (χ1n) is 24.5. The smallest absolute Gasteiger partial charge is 0.306 e.